The topological polar surface area (TPSA) is 21.3 Å². The summed E-state index contributed by atoms with van der Waals surface area (Å²) in [6, 6.07) is 8.60. The van der Waals surface area contributed by atoms with Gasteiger partial charge in [-0.3, -0.25) is 0 Å². The number of morpholine rings is 1. The minimum Gasteiger partial charge on any atom is -0.378 e. The highest BCUT2D eigenvalue weighted by Crippen LogP contribution is 2.24. The van der Waals surface area contributed by atoms with E-state index in [1.165, 1.54) is 5.56 Å². The number of benzene rings is 1. The highest BCUT2D eigenvalue weighted by molar-refractivity contribution is 9.10. The summed E-state index contributed by atoms with van der Waals surface area (Å²) in [7, 11) is 0. The predicted octanol–water partition coefficient (Wildman–Crippen LogP) is 2.69. The van der Waals surface area contributed by atoms with Gasteiger partial charge < -0.3 is 10.1 Å². The zero-order valence-electron chi connectivity index (χ0n) is 7.70. The normalized spacial score (nSPS) is 21.4. The number of hydrogen-bond acceptors (Lipinski definition) is 2. The number of nitrogens with one attached hydrogen (secondary N) is 1. The molecule has 0 amide bonds. The molecule has 78 valence electrons. The molecular formula is C10H13Br2NO. The van der Waals surface area contributed by atoms with Crippen LogP contribution in [-0.4, -0.2) is 19.8 Å². The number of halogens is 2. The van der Waals surface area contributed by atoms with E-state index in [-0.39, 0.29) is 17.0 Å². The Hall–Kier alpha value is 0.1000. The summed E-state index contributed by atoms with van der Waals surface area (Å²) in [5, 5.41) is 3.42. The summed E-state index contributed by atoms with van der Waals surface area (Å²) in [5.41, 5.74) is 1.28. The van der Waals surface area contributed by atoms with Crippen molar-refractivity contribution in [3.63, 3.8) is 0 Å². The third-order valence-corrected chi connectivity index (χ3v) is 2.92. The first kappa shape index (κ1) is 12.2. The molecule has 0 aliphatic carbocycles. The van der Waals surface area contributed by atoms with E-state index in [1.54, 1.807) is 0 Å². The quantitative estimate of drug-likeness (QED) is 0.858. The summed E-state index contributed by atoms with van der Waals surface area (Å²) in [5.74, 6) is 0. The molecule has 1 heterocycles. The molecule has 1 aliphatic heterocycles. The zero-order valence-corrected chi connectivity index (χ0v) is 11.0. The fourth-order valence-corrected chi connectivity index (χ4v) is 2.08. The SMILES string of the molecule is Br.Brc1ccccc1[C@@H]1COCCN1. The van der Waals surface area contributed by atoms with Crippen LogP contribution in [0.4, 0.5) is 0 Å². The lowest BCUT2D eigenvalue weighted by molar-refractivity contribution is 0.0767. The van der Waals surface area contributed by atoms with Crippen LogP contribution in [-0.2, 0) is 4.74 Å². The molecule has 0 unspecified atom stereocenters. The molecule has 0 spiro atoms. The minimum absolute atomic E-state index is 0. The Morgan fingerprint density at radius 1 is 1.36 bits per heavy atom. The molecule has 1 aliphatic rings. The average Bonchev–Trinajstić information content (AvgIpc) is 2.20. The molecule has 2 rings (SSSR count). The maximum absolute atomic E-state index is 5.41. The molecule has 0 saturated carbocycles. The van der Waals surface area contributed by atoms with Crippen LogP contribution < -0.4 is 5.32 Å². The molecule has 0 bridgehead atoms. The minimum atomic E-state index is 0. The van der Waals surface area contributed by atoms with Crippen molar-refractivity contribution in [3.05, 3.63) is 34.3 Å². The fraction of sp³-hybridized carbons (Fsp3) is 0.400. The number of hydrogen-bond donors (Lipinski definition) is 1. The highest BCUT2D eigenvalue weighted by atomic mass is 79.9. The van der Waals surface area contributed by atoms with Crippen LogP contribution in [0.15, 0.2) is 28.7 Å². The second-order valence-corrected chi connectivity index (χ2v) is 3.96. The van der Waals surface area contributed by atoms with Crippen LogP contribution in [0.2, 0.25) is 0 Å². The molecule has 14 heavy (non-hydrogen) atoms. The molecule has 1 N–H and O–H groups in total. The molecule has 2 nitrogen and oxygen atoms in total. The van der Waals surface area contributed by atoms with Gasteiger partial charge in [-0.25, -0.2) is 0 Å². The van der Waals surface area contributed by atoms with E-state index in [2.05, 4.69) is 39.4 Å². The third kappa shape index (κ3) is 2.79. The molecule has 4 heteroatoms. The zero-order chi connectivity index (χ0) is 9.10. The summed E-state index contributed by atoms with van der Waals surface area (Å²) < 4.78 is 6.56. The van der Waals surface area contributed by atoms with Crippen LogP contribution in [0.1, 0.15) is 11.6 Å². The number of ether oxygens (including phenoxy) is 1. The van der Waals surface area contributed by atoms with Crippen LogP contribution in [0.3, 0.4) is 0 Å². The Morgan fingerprint density at radius 3 is 2.79 bits per heavy atom. The Bertz CT molecular complexity index is 287. The van der Waals surface area contributed by atoms with Crippen molar-refractivity contribution in [2.75, 3.05) is 19.8 Å². The van der Waals surface area contributed by atoms with Crippen LogP contribution in [0.25, 0.3) is 0 Å². The molecule has 1 aromatic rings. The van der Waals surface area contributed by atoms with E-state index < -0.39 is 0 Å². The van der Waals surface area contributed by atoms with Gasteiger partial charge in [-0.05, 0) is 11.6 Å². The lowest BCUT2D eigenvalue weighted by Crippen LogP contribution is -2.34. The average molecular weight is 323 g/mol. The summed E-state index contributed by atoms with van der Waals surface area (Å²) in [6.07, 6.45) is 0. The van der Waals surface area contributed by atoms with Gasteiger partial charge in [0.25, 0.3) is 0 Å². The maximum atomic E-state index is 5.41. The van der Waals surface area contributed by atoms with Crippen LogP contribution in [0, 0.1) is 0 Å². The number of rotatable bonds is 1. The molecular weight excluding hydrogens is 310 g/mol. The van der Waals surface area contributed by atoms with Crippen molar-refractivity contribution in [2.45, 2.75) is 6.04 Å². The molecule has 0 aromatic heterocycles. The van der Waals surface area contributed by atoms with Gasteiger partial charge in [0, 0.05) is 11.0 Å². The second-order valence-electron chi connectivity index (χ2n) is 3.10. The van der Waals surface area contributed by atoms with E-state index in [4.69, 9.17) is 4.74 Å². The van der Waals surface area contributed by atoms with E-state index in [0.29, 0.717) is 6.04 Å². The first-order valence-corrected chi connectivity index (χ1v) is 5.23. The van der Waals surface area contributed by atoms with Gasteiger partial charge in [0.05, 0.1) is 19.3 Å². The Labute approximate surface area is 103 Å². The van der Waals surface area contributed by atoms with E-state index in [9.17, 15) is 0 Å². The van der Waals surface area contributed by atoms with Gasteiger partial charge >= 0.3 is 0 Å². The highest BCUT2D eigenvalue weighted by Gasteiger charge is 2.16. The first-order valence-electron chi connectivity index (χ1n) is 4.43. The molecule has 1 saturated heterocycles. The van der Waals surface area contributed by atoms with Crippen LogP contribution >= 0.6 is 32.9 Å². The lowest BCUT2D eigenvalue weighted by Gasteiger charge is -2.24. The smallest absolute Gasteiger partial charge is 0.0662 e. The molecule has 1 fully saturated rings. The Morgan fingerprint density at radius 2 is 2.14 bits per heavy atom. The molecule has 0 radical (unpaired) electrons. The van der Waals surface area contributed by atoms with Crippen LogP contribution in [0.5, 0.6) is 0 Å². The van der Waals surface area contributed by atoms with Gasteiger partial charge in [0.1, 0.15) is 0 Å². The largest absolute Gasteiger partial charge is 0.378 e. The Balaban J connectivity index is 0.000000980. The lowest BCUT2D eigenvalue weighted by atomic mass is 10.1. The third-order valence-electron chi connectivity index (χ3n) is 2.20. The van der Waals surface area contributed by atoms with E-state index >= 15 is 0 Å². The summed E-state index contributed by atoms with van der Waals surface area (Å²) >= 11 is 3.54. The van der Waals surface area contributed by atoms with Gasteiger partial charge in [-0.2, -0.15) is 0 Å². The molecule has 1 atom stereocenters. The van der Waals surface area contributed by atoms with Crippen molar-refractivity contribution in [1.82, 2.24) is 5.32 Å². The predicted molar refractivity (Wildman–Crippen MR) is 66.0 cm³/mol. The van der Waals surface area contributed by atoms with Crippen molar-refractivity contribution in [3.8, 4) is 0 Å². The standard InChI is InChI=1S/C10H12BrNO.BrH/c11-9-4-2-1-3-8(9)10-7-13-6-5-12-10;/h1-4,10,12H,5-7H2;1H/t10-;/m0./s1. The first-order chi connectivity index (χ1) is 6.38. The van der Waals surface area contributed by atoms with Crippen molar-refractivity contribution in [1.29, 1.82) is 0 Å². The maximum Gasteiger partial charge on any atom is 0.0662 e. The van der Waals surface area contributed by atoms with Crippen molar-refractivity contribution < 1.29 is 4.74 Å². The second kappa shape index (κ2) is 5.85. The van der Waals surface area contributed by atoms with Gasteiger partial charge in [-0.15, -0.1) is 17.0 Å². The van der Waals surface area contributed by atoms with E-state index in [1.807, 2.05) is 6.07 Å². The van der Waals surface area contributed by atoms with Gasteiger partial charge in [0.15, 0.2) is 0 Å². The monoisotopic (exact) mass is 321 g/mol. The summed E-state index contributed by atoms with van der Waals surface area (Å²) in [4.78, 5) is 0. The fourth-order valence-electron chi connectivity index (χ4n) is 1.52. The molecule has 1 aromatic carbocycles. The van der Waals surface area contributed by atoms with Gasteiger partial charge in [-0.1, -0.05) is 34.1 Å². The van der Waals surface area contributed by atoms with E-state index in [0.717, 1.165) is 24.2 Å². The summed E-state index contributed by atoms with van der Waals surface area (Å²) in [6.45, 7) is 2.52. The van der Waals surface area contributed by atoms with Gasteiger partial charge in [0.2, 0.25) is 0 Å². The van der Waals surface area contributed by atoms with Crippen molar-refractivity contribution >= 4 is 32.9 Å². The van der Waals surface area contributed by atoms with Crippen molar-refractivity contribution in [2.24, 2.45) is 0 Å². The Kier molecular flexibility index (Phi) is 5.09.